The maximum atomic E-state index is 6.64. The van der Waals surface area contributed by atoms with Gasteiger partial charge in [0.1, 0.15) is 17.0 Å². The van der Waals surface area contributed by atoms with Crippen molar-refractivity contribution < 1.29 is 4.74 Å². The summed E-state index contributed by atoms with van der Waals surface area (Å²) in [5.74, 6) is 0.787. The summed E-state index contributed by atoms with van der Waals surface area (Å²) in [5.41, 5.74) is 4.45. The fraction of sp³-hybridized carbons (Fsp3) is 0.333. The van der Waals surface area contributed by atoms with Crippen LogP contribution in [0.15, 0.2) is 23.8 Å². The Bertz CT molecular complexity index is 921. The second kappa shape index (κ2) is 6.78. The van der Waals surface area contributed by atoms with E-state index in [2.05, 4.69) is 34.0 Å². The highest BCUT2D eigenvalue weighted by Crippen LogP contribution is 2.38. The third kappa shape index (κ3) is 3.05. The lowest BCUT2D eigenvalue weighted by molar-refractivity contribution is 0.122. The summed E-state index contributed by atoms with van der Waals surface area (Å²) in [6.07, 6.45) is 1.58. The number of rotatable bonds is 3. The zero-order valence-corrected chi connectivity index (χ0v) is 15.7. The minimum Gasteiger partial charge on any atom is -0.378 e. The zero-order chi connectivity index (χ0) is 17.4. The Hall–Kier alpha value is -1.89. The lowest BCUT2D eigenvalue weighted by Gasteiger charge is -2.31. The maximum absolute atomic E-state index is 6.64. The van der Waals surface area contributed by atoms with Crippen LogP contribution in [0.1, 0.15) is 11.1 Å². The lowest BCUT2D eigenvalue weighted by atomic mass is 10.0. The molecule has 1 fully saturated rings. The minimum atomic E-state index is 0.701. The molecule has 0 atom stereocenters. The zero-order valence-electron chi connectivity index (χ0n) is 14.2. The molecular formula is C18H19ClN4OS. The minimum absolute atomic E-state index is 0.701. The molecular weight excluding hydrogens is 356 g/mol. The summed E-state index contributed by atoms with van der Waals surface area (Å²) in [7, 11) is 0. The molecule has 0 bridgehead atoms. The molecule has 0 spiro atoms. The van der Waals surface area contributed by atoms with Gasteiger partial charge in [0.15, 0.2) is 0 Å². The monoisotopic (exact) mass is 374 g/mol. The number of hydrogen-bond acceptors (Lipinski definition) is 6. The highest BCUT2D eigenvalue weighted by atomic mass is 35.5. The van der Waals surface area contributed by atoms with Crippen LogP contribution in [0.5, 0.6) is 0 Å². The van der Waals surface area contributed by atoms with E-state index in [9.17, 15) is 0 Å². The number of aromatic nitrogens is 2. The standard InChI is InChI=1S/C18H19ClN4OS/c1-11-12(2)16(14(19)9-15(11)23-4-6-24-7-5-23)22-17-13-3-8-25-18(13)21-10-20-17/h3,8-10H,4-7H2,1-2H3,(H,20,21,22). The smallest absolute Gasteiger partial charge is 0.142 e. The number of nitrogens with one attached hydrogen (secondary N) is 1. The number of thiophene rings is 1. The number of morpholine rings is 1. The van der Waals surface area contributed by atoms with E-state index in [0.29, 0.717) is 5.02 Å². The highest BCUT2D eigenvalue weighted by molar-refractivity contribution is 7.16. The first-order valence-corrected chi connectivity index (χ1v) is 9.48. The van der Waals surface area contributed by atoms with Crippen LogP contribution in [0.3, 0.4) is 0 Å². The Labute approximate surface area is 155 Å². The molecule has 1 aliphatic rings. The Kier molecular flexibility index (Phi) is 4.50. The van der Waals surface area contributed by atoms with E-state index >= 15 is 0 Å². The topological polar surface area (TPSA) is 50.3 Å². The predicted molar refractivity (Wildman–Crippen MR) is 105 cm³/mol. The van der Waals surface area contributed by atoms with Crippen LogP contribution in [-0.4, -0.2) is 36.3 Å². The van der Waals surface area contributed by atoms with Gasteiger partial charge in [-0.3, -0.25) is 0 Å². The summed E-state index contributed by atoms with van der Waals surface area (Å²) in [6, 6.07) is 4.07. The highest BCUT2D eigenvalue weighted by Gasteiger charge is 2.19. The van der Waals surface area contributed by atoms with Crippen LogP contribution >= 0.6 is 22.9 Å². The van der Waals surface area contributed by atoms with Gasteiger partial charge >= 0.3 is 0 Å². The van der Waals surface area contributed by atoms with Gasteiger partial charge in [-0.25, -0.2) is 9.97 Å². The third-order valence-electron chi connectivity index (χ3n) is 4.68. The molecule has 0 unspecified atom stereocenters. The summed E-state index contributed by atoms with van der Waals surface area (Å²) in [5, 5.41) is 7.15. The molecule has 3 heterocycles. The van der Waals surface area contributed by atoms with Crippen LogP contribution in [0.25, 0.3) is 10.2 Å². The molecule has 4 rings (SSSR count). The second-order valence-electron chi connectivity index (χ2n) is 6.09. The average Bonchev–Trinajstić information content (AvgIpc) is 3.12. The van der Waals surface area contributed by atoms with Gasteiger partial charge in [0.25, 0.3) is 0 Å². The van der Waals surface area contributed by atoms with E-state index in [-0.39, 0.29) is 0 Å². The summed E-state index contributed by atoms with van der Waals surface area (Å²) in [4.78, 5) is 12.0. The van der Waals surface area contributed by atoms with Crippen molar-refractivity contribution in [2.75, 3.05) is 36.5 Å². The van der Waals surface area contributed by atoms with E-state index in [1.807, 2.05) is 17.5 Å². The molecule has 0 amide bonds. The van der Waals surface area contributed by atoms with Crippen molar-refractivity contribution in [3.05, 3.63) is 40.0 Å². The first kappa shape index (κ1) is 16.6. The van der Waals surface area contributed by atoms with Gasteiger partial charge in [0.05, 0.1) is 29.3 Å². The van der Waals surface area contributed by atoms with Gasteiger partial charge in [-0.2, -0.15) is 0 Å². The molecule has 0 aliphatic carbocycles. The summed E-state index contributed by atoms with van der Waals surface area (Å²) < 4.78 is 5.46. The largest absolute Gasteiger partial charge is 0.378 e. The molecule has 0 radical (unpaired) electrons. The fourth-order valence-corrected chi connectivity index (χ4v) is 4.18. The SMILES string of the molecule is Cc1c(N2CCOCC2)cc(Cl)c(Nc2ncnc3sccc23)c1C. The average molecular weight is 375 g/mol. The molecule has 3 aromatic rings. The van der Waals surface area contributed by atoms with Crippen molar-refractivity contribution in [1.29, 1.82) is 0 Å². The van der Waals surface area contributed by atoms with Gasteiger partial charge in [-0.15, -0.1) is 11.3 Å². The van der Waals surface area contributed by atoms with E-state index in [0.717, 1.165) is 53.6 Å². The van der Waals surface area contributed by atoms with Crippen molar-refractivity contribution in [3.8, 4) is 0 Å². The van der Waals surface area contributed by atoms with Crippen molar-refractivity contribution in [2.45, 2.75) is 13.8 Å². The normalized spacial score (nSPS) is 14.9. The Morgan fingerprint density at radius 3 is 2.80 bits per heavy atom. The van der Waals surface area contributed by atoms with Gasteiger partial charge in [0, 0.05) is 18.8 Å². The Balaban J connectivity index is 1.73. The van der Waals surface area contributed by atoms with Crippen LogP contribution < -0.4 is 10.2 Å². The third-order valence-corrected chi connectivity index (χ3v) is 5.80. The molecule has 0 saturated carbocycles. The van der Waals surface area contributed by atoms with Gasteiger partial charge < -0.3 is 15.0 Å². The van der Waals surface area contributed by atoms with Gasteiger partial charge in [0.2, 0.25) is 0 Å². The predicted octanol–water partition coefficient (Wildman–Crippen LogP) is 4.54. The van der Waals surface area contributed by atoms with Crippen molar-refractivity contribution in [3.63, 3.8) is 0 Å². The molecule has 25 heavy (non-hydrogen) atoms. The summed E-state index contributed by atoms with van der Waals surface area (Å²) in [6.45, 7) is 7.54. The van der Waals surface area contributed by atoms with Crippen molar-refractivity contribution in [1.82, 2.24) is 9.97 Å². The number of hydrogen-bond donors (Lipinski definition) is 1. The van der Waals surface area contributed by atoms with Crippen molar-refractivity contribution >= 4 is 50.3 Å². The number of anilines is 3. The van der Waals surface area contributed by atoms with Crippen LogP contribution in [0, 0.1) is 13.8 Å². The van der Waals surface area contributed by atoms with Crippen molar-refractivity contribution in [2.24, 2.45) is 0 Å². The maximum Gasteiger partial charge on any atom is 0.142 e. The fourth-order valence-electron chi connectivity index (χ4n) is 3.15. The second-order valence-corrected chi connectivity index (χ2v) is 7.39. The molecule has 2 aromatic heterocycles. The first-order chi connectivity index (χ1) is 12.1. The van der Waals surface area contributed by atoms with Crippen LogP contribution in [0.2, 0.25) is 5.02 Å². The lowest BCUT2D eigenvalue weighted by Crippen LogP contribution is -2.36. The van der Waals surface area contributed by atoms with E-state index in [1.165, 1.54) is 11.3 Å². The Morgan fingerprint density at radius 1 is 1.20 bits per heavy atom. The first-order valence-electron chi connectivity index (χ1n) is 8.23. The number of benzene rings is 1. The summed E-state index contributed by atoms with van der Waals surface area (Å²) >= 11 is 8.24. The van der Waals surface area contributed by atoms with Gasteiger partial charge in [-0.1, -0.05) is 11.6 Å². The number of ether oxygens (including phenoxy) is 1. The Morgan fingerprint density at radius 2 is 2.00 bits per heavy atom. The van der Waals surface area contributed by atoms with Crippen LogP contribution in [-0.2, 0) is 4.74 Å². The van der Waals surface area contributed by atoms with E-state index in [1.54, 1.807) is 17.7 Å². The molecule has 5 nitrogen and oxygen atoms in total. The van der Waals surface area contributed by atoms with E-state index in [4.69, 9.17) is 16.3 Å². The molecule has 1 N–H and O–H groups in total. The number of halogens is 1. The van der Waals surface area contributed by atoms with Crippen LogP contribution in [0.4, 0.5) is 17.2 Å². The number of fused-ring (bicyclic) bond motifs is 1. The molecule has 1 aromatic carbocycles. The number of nitrogens with zero attached hydrogens (tertiary/aromatic N) is 3. The molecule has 130 valence electrons. The van der Waals surface area contributed by atoms with Gasteiger partial charge in [-0.05, 0) is 42.5 Å². The molecule has 1 aliphatic heterocycles. The molecule has 1 saturated heterocycles. The van der Waals surface area contributed by atoms with E-state index < -0.39 is 0 Å². The quantitative estimate of drug-likeness (QED) is 0.729. The molecule has 7 heteroatoms.